The molecule has 0 aromatic heterocycles. The topological polar surface area (TPSA) is 43.1 Å². The molecule has 4 aromatic rings. The van der Waals surface area contributed by atoms with Crippen LogP contribution in [0.15, 0.2) is 121 Å². The minimum absolute atomic E-state index is 0.0130. The van der Waals surface area contributed by atoms with Crippen LogP contribution >= 0.6 is 6.75 Å². The molecule has 0 aliphatic rings. The van der Waals surface area contributed by atoms with Crippen molar-refractivity contribution in [3.05, 3.63) is 131 Å². The second-order valence-electron chi connectivity index (χ2n) is 6.65. The molecule has 4 heteroatoms. The first-order valence-electron chi connectivity index (χ1n) is 9.10. The number of hydrogen-bond acceptors (Lipinski definition) is 2. The predicted molar refractivity (Wildman–Crippen MR) is 118 cm³/mol. The normalized spacial score (nSPS) is 12.6. The van der Waals surface area contributed by atoms with Gasteiger partial charge in [-0.1, -0.05) is 0 Å². The van der Waals surface area contributed by atoms with Gasteiger partial charge in [0.2, 0.25) is 0 Å². The van der Waals surface area contributed by atoms with Gasteiger partial charge in [0.15, 0.2) is 0 Å². The summed E-state index contributed by atoms with van der Waals surface area (Å²) in [6, 6.07) is 37.8. The van der Waals surface area contributed by atoms with Crippen molar-refractivity contribution in [1.82, 2.24) is 0 Å². The van der Waals surface area contributed by atoms with Gasteiger partial charge < -0.3 is 0 Å². The number of hydrogen-bond donors (Lipinski definition) is 0. The summed E-state index contributed by atoms with van der Waals surface area (Å²) in [7, 11) is 0. The summed E-state index contributed by atoms with van der Waals surface area (Å²) in [5, 5.41) is 16.3. The Morgan fingerprint density at radius 3 is 0.857 bits per heavy atom. The zero-order chi connectivity index (χ0) is 19.5. The Hall–Kier alpha value is -3.29. The van der Waals surface area contributed by atoms with Crippen LogP contribution in [-0.2, 0) is 0 Å². The van der Waals surface area contributed by atoms with Crippen LogP contribution in [0.2, 0.25) is 0 Å². The van der Waals surface area contributed by atoms with Crippen molar-refractivity contribution < 1.29 is 4.69 Å². The first-order chi connectivity index (χ1) is 13.7. The van der Waals surface area contributed by atoms with E-state index < -0.39 is 6.75 Å². The summed E-state index contributed by atoms with van der Waals surface area (Å²) in [5.74, 6) is 0. The quantitative estimate of drug-likeness (QED) is 0.296. The molecular weight excluding hydrogens is 365 g/mol. The van der Waals surface area contributed by atoms with Crippen LogP contribution in [0.3, 0.4) is 0 Å². The van der Waals surface area contributed by atoms with Crippen molar-refractivity contribution >= 4 is 28.0 Å². The van der Waals surface area contributed by atoms with Crippen LogP contribution in [0.25, 0.3) is 0 Å². The fourth-order valence-electron chi connectivity index (χ4n) is 4.14. The van der Waals surface area contributed by atoms with Crippen LogP contribution in [0.1, 0.15) is 0 Å². The summed E-state index contributed by atoms with van der Waals surface area (Å²) in [4.78, 5) is 13.4. The van der Waals surface area contributed by atoms with Crippen LogP contribution in [0, 0.1) is 10.1 Å². The second kappa shape index (κ2) is 7.03. The molecule has 0 amide bonds. The van der Waals surface area contributed by atoms with E-state index in [0.717, 1.165) is 21.2 Å². The zero-order valence-corrected chi connectivity index (χ0v) is 16.2. The van der Waals surface area contributed by atoms with E-state index in [1.165, 1.54) is 0 Å². The molecule has 0 spiro atoms. The molecule has 0 bridgehead atoms. The fourth-order valence-corrected chi connectivity index (χ4v) is 9.70. The van der Waals surface area contributed by atoms with E-state index in [2.05, 4.69) is 0 Å². The van der Waals surface area contributed by atoms with E-state index in [9.17, 15) is 10.1 Å². The summed E-state index contributed by atoms with van der Waals surface area (Å²) >= 11 is 0. The van der Waals surface area contributed by atoms with E-state index in [4.69, 9.17) is 0 Å². The van der Waals surface area contributed by atoms with Gasteiger partial charge in [-0.3, -0.25) is 0 Å². The average Bonchev–Trinajstić information content (AvgIpc) is 2.78. The van der Waals surface area contributed by atoms with Crippen LogP contribution in [-0.4, -0.2) is 4.69 Å². The van der Waals surface area contributed by atoms with Crippen molar-refractivity contribution in [2.24, 2.45) is 0 Å². The SMILES string of the molecule is O=[N+]([O-])P(c1ccccc1)(c1ccccc1)(c1ccccc1)c1ccccc1. The third-order valence-electron chi connectivity index (χ3n) is 5.36. The van der Waals surface area contributed by atoms with Crippen molar-refractivity contribution in [1.29, 1.82) is 0 Å². The second-order valence-corrected chi connectivity index (χ2v) is 11.2. The molecular formula is C24H20NO2P. The molecule has 0 aliphatic carbocycles. The van der Waals surface area contributed by atoms with Gasteiger partial charge in [-0.2, -0.15) is 0 Å². The third kappa shape index (κ3) is 2.27. The monoisotopic (exact) mass is 385 g/mol. The maximum atomic E-state index is 13.4. The van der Waals surface area contributed by atoms with Gasteiger partial charge in [0.05, 0.1) is 0 Å². The van der Waals surface area contributed by atoms with Crippen molar-refractivity contribution in [2.45, 2.75) is 0 Å². The molecule has 4 aromatic carbocycles. The van der Waals surface area contributed by atoms with Gasteiger partial charge >= 0.3 is 164 Å². The van der Waals surface area contributed by atoms with E-state index in [0.29, 0.717) is 0 Å². The molecule has 4 rings (SSSR count). The molecule has 0 atom stereocenters. The zero-order valence-electron chi connectivity index (χ0n) is 15.3. The van der Waals surface area contributed by atoms with Gasteiger partial charge in [0.1, 0.15) is 0 Å². The molecule has 0 unspecified atom stereocenters. The van der Waals surface area contributed by atoms with Crippen LogP contribution in [0.5, 0.6) is 0 Å². The van der Waals surface area contributed by atoms with E-state index >= 15 is 0 Å². The van der Waals surface area contributed by atoms with E-state index in [-0.39, 0.29) is 4.69 Å². The number of nitrogens with zero attached hydrogens (tertiary/aromatic N) is 1. The standard InChI is InChI=1S/C24H20NO2P/c26-25(27)28(21-13-5-1-6-14-21,22-15-7-2-8-16-22,23-17-9-3-10-18-23)24-19-11-4-12-20-24/h1-20H. The van der Waals surface area contributed by atoms with Crippen molar-refractivity contribution in [3.8, 4) is 0 Å². The fraction of sp³-hybridized carbons (Fsp3) is 0. The van der Waals surface area contributed by atoms with Crippen molar-refractivity contribution in [3.63, 3.8) is 0 Å². The van der Waals surface area contributed by atoms with Gasteiger partial charge in [-0.15, -0.1) is 0 Å². The molecule has 0 heterocycles. The number of rotatable bonds is 5. The number of nitro groups is 1. The van der Waals surface area contributed by atoms with E-state index in [1.54, 1.807) is 0 Å². The molecule has 28 heavy (non-hydrogen) atoms. The molecule has 3 nitrogen and oxygen atoms in total. The first kappa shape index (κ1) is 18.1. The van der Waals surface area contributed by atoms with Crippen molar-refractivity contribution in [2.75, 3.05) is 0 Å². The Balaban J connectivity index is 2.34. The van der Waals surface area contributed by atoms with Gasteiger partial charge in [-0.05, 0) is 0 Å². The molecule has 138 valence electrons. The Labute approximate surface area is 164 Å². The summed E-state index contributed by atoms with van der Waals surface area (Å²) in [5.41, 5.74) is 0. The van der Waals surface area contributed by atoms with Gasteiger partial charge in [0.25, 0.3) is 0 Å². The molecule has 0 fully saturated rings. The van der Waals surface area contributed by atoms with Crippen LogP contribution < -0.4 is 21.2 Å². The minimum atomic E-state index is -4.23. The summed E-state index contributed by atoms with van der Waals surface area (Å²) in [6.07, 6.45) is 0. The van der Waals surface area contributed by atoms with Gasteiger partial charge in [-0.25, -0.2) is 0 Å². The third-order valence-corrected chi connectivity index (χ3v) is 11.2. The molecule has 0 radical (unpaired) electrons. The molecule has 0 N–H and O–H groups in total. The molecule has 0 saturated carbocycles. The number of benzene rings is 4. The summed E-state index contributed by atoms with van der Waals surface area (Å²) in [6.45, 7) is -4.23. The summed E-state index contributed by atoms with van der Waals surface area (Å²) < 4.78 is -0.0130. The van der Waals surface area contributed by atoms with Crippen LogP contribution in [0.4, 0.5) is 0 Å². The Bertz CT molecular complexity index is 915. The predicted octanol–water partition coefficient (Wildman–Crippen LogP) is 4.03. The van der Waals surface area contributed by atoms with Gasteiger partial charge in [0, 0.05) is 0 Å². The van der Waals surface area contributed by atoms with E-state index in [1.807, 2.05) is 121 Å². The Morgan fingerprint density at radius 2 is 0.679 bits per heavy atom. The average molecular weight is 385 g/mol. The molecule has 0 saturated heterocycles. The Morgan fingerprint density at radius 1 is 0.464 bits per heavy atom. The molecule has 0 aliphatic heterocycles. The Kier molecular flexibility index (Phi) is 4.54. The first-order valence-corrected chi connectivity index (χ1v) is 11.3. The maximum absolute atomic E-state index is 13.4.